The van der Waals surface area contributed by atoms with Crippen LogP contribution < -0.4 is 31.6 Å². The first-order chi connectivity index (χ1) is 22.6. The van der Waals surface area contributed by atoms with E-state index in [0.29, 0.717) is 29.8 Å². The van der Waals surface area contributed by atoms with Crippen LogP contribution in [0.3, 0.4) is 0 Å². The first-order valence-corrected chi connectivity index (χ1v) is 15.3. The lowest BCUT2D eigenvalue weighted by Gasteiger charge is -2.28. The van der Waals surface area contributed by atoms with Crippen molar-refractivity contribution >= 4 is 52.4 Å². The smallest absolute Gasteiger partial charge is 0.267 e. The van der Waals surface area contributed by atoms with Crippen molar-refractivity contribution in [2.45, 2.75) is 31.3 Å². The van der Waals surface area contributed by atoms with Gasteiger partial charge in [0.2, 0.25) is 17.6 Å². The van der Waals surface area contributed by atoms with E-state index in [0.717, 1.165) is 11.8 Å². The summed E-state index contributed by atoms with van der Waals surface area (Å²) >= 11 is 1.07. The molecule has 4 rings (SSSR count). The fraction of sp³-hybridized carbons (Fsp3) is 0.250. The Labute approximate surface area is 275 Å². The van der Waals surface area contributed by atoms with Crippen molar-refractivity contribution in [3.63, 3.8) is 0 Å². The summed E-state index contributed by atoms with van der Waals surface area (Å²) in [5, 5.41) is 23.3. The number of aromatic hydroxyl groups is 1. The number of nitrogens with one attached hydrogen (secondary N) is 3. The number of thioether (sulfide) groups is 1. The third-order valence-corrected chi connectivity index (χ3v) is 8.04. The number of pyridine rings is 1. The Morgan fingerprint density at radius 3 is 2.36 bits per heavy atom. The maximum atomic E-state index is 14.2. The number of aliphatic imine (C=N–C) groups is 1. The van der Waals surface area contributed by atoms with Crippen LogP contribution in [0.5, 0.6) is 17.2 Å². The molecule has 2 atom stereocenters. The summed E-state index contributed by atoms with van der Waals surface area (Å²) in [6.07, 6.45) is 5.37. The molecule has 47 heavy (non-hydrogen) atoms. The van der Waals surface area contributed by atoms with Crippen LogP contribution in [-0.4, -0.2) is 76.7 Å². The molecule has 1 aliphatic rings. The van der Waals surface area contributed by atoms with Gasteiger partial charge in [-0.15, -0.1) is 0 Å². The maximum absolute atomic E-state index is 14.2. The van der Waals surface area contributed by atoms with Gasteiger partial charge in [0, 0.05) is 25.4 Å². The van der Waals surface area contributed by atoms with Gasteiger partial charge in [0.15, 0.2) is 22.6 Å². The summed E-state index contributed by atoms with van der Waals surface area (Å²) in [6.45, 7) is 0.297. The van der Waals surface area contributed by atoms with E-state index in [9.17, 15) is 19.5 Å². The number of amidine groups is 1. The van der Waals surface area contributed by atoms with Gasteiger partial charge in [-0.25, -0.2) is 4.99 Å². The van der Waals surface area contributed by atoms with E-state index in [2.05, 4.69) is 15.6 Å². The fourth-order valence-corrected chi connectivity index (χ4v) is 5.76. The summed E-state index contributed by atoms with van der Waals surface area (Å²) in [6, 6.07) is 13.3. The lowest BCUT2D eigenvalue weighted by Crippen LogP contribution is -2.55. The molecule has 3 aromatic rings. The van der Waals surface area contributed by atoms with Gasteiger partial charge in [-0.3, -0.25) is 29.7 Å². The Morgan fingerprint density at radius 1 is 1.11 bits per heavy atom. The molecule has 2 aromatic carbocycles. The second-order valence-corrected chi connectivity index (χ2v) is 11.3. The lowest BCUT2D eigenvalue weighted by molar-refractivity contribution is -0.134. The van der Waals surface area contributed by atoms with Crippen LogP contribution >= 0.6 is 11.8 Å². The highest BCUT2D eigenvalue weighted by Crippen LogP contribution is 2.40. The SMILES string of the molecule is COc1cc(C=C2SC(=Nc3ccccc3)N(C(Cc3ccncc3)C(=O)N[C@@H](CCCNC(=N)N)C(N)=O)C2=O)cc(OC)c1O. The highest BCUT2D eigenvalue weighted by Gasteiger charge is 2.42. The topological polar surface area (TPSA) is 218 Å². The van der Waals surface area contributed by atoms with E-state index < -0.39 is 29.8 Å². The van der Waals surface area contributed by atoms with Crippen molar-refractivity contribution in [2.24, 2.45) is 16.5 Å². The lowest BCUT2D eigenvalue weighted by atomic mass is 10.0. The summed E-state index contributed by atoms with van der Waals surface area (Å²) in [5.41, 5.74) is 12.7. The van der Waals surface area contributed by atoms with E-state index >= 15 is 0 Å². The molecule has 1 aliphatic heterocycles. The molecule has 0 saturated carbocycles. The summed E-state index contributed by atoms with van der Waals surface area (Å²) in [7, 11) is 2.80. The molecule has 14 nitrogen and oxygen atoms in total. The van der Waals surface area contributed by atoms with Crippen LogP contribution in [0.1, 0.15) is 24.0 Å². The third kappa shape index (κ3) is 9.00. The number of phenols is 1. The number of carbonyl (C=O) groups is 3. The van der Waals surface area contributed by atoms with Crippen LogP contribution in [0, 0.1) is 5.41 Å². The zero-order valence-electron chi connectivity index (χ0n) is 25.8. The number of carbonyl (C=O) groups excluding carboxylic acids is 3. The number of primary amides is 1. The van der Waals surface area contributed by atoms with Gasteiger partial charge in [0.1, 0.15) is 12.1 Å². The number of rotatable bonds is 14. The normalized spacial score (nSPS) is 15.7. The summed E-state index contributed by atoms with van der Waals surface area (Å²) < 4.78 is 10.6. The zero-order valence-corrected chi connectivity index (χ0v) is 26.6. The second-order valence-electron chi connectivity index (χ2n) is 10.3. The van der Waals surface area contributed by atoms with Crippen molar-refractivity contribution in [3.8, 4) is 17.2 Å². The number of nitrogens with two attached hydrogens (primary N) is 2. The number of guanidine groups is 1. The molecule has 0 bridgehead atoms. The average Bonchev–Trinajstić information content (AvgIpc) is 3.35. The van der Waals surface area contributed by atoms with Crippen molar-refractivity contribution in [1.82, 2.24) is 20.5 Å². The first kappa shape index (κ1) is 34.3. The molecule has 3 amide bonds. The Kier molecular flexibility index (Phi) is 11.8. The molecule has 8 N–H and O–H groups in total. The van der Waals surface area contributed by atoms with E-state index in [1.165, 1.54) is 19.1 Å². The number of hydrogen-bond donors (Lipinski definition) is 6. The van der Waals surface area contributed by atoms with Crippen molar-refractivity contribution < 1.29 is 29.0 Å². The summed E-state index contributed by atoms with van der Waals surface area (Å²) in [5.74, 6) is -1.99. The maximum Gasteiger partial charge on any atom is 0.267 e. The minimum atomic E-state index is -1.15. The van der Waals surface area contributed by atoms with Gasteiger partial charge in [0.25, 0.3) is 5.91 Å². The van der Waals surface area contributed by atoms with Crippen molar-refractivity contribution in [2.75, 3.05) is 20.8 Å². The fourth-order valence-electron chi connectivity index (χ4n) is 4.73. The standard InChI is InChI=1S/C32H36N8O6S/c1-45-24-16-20(17-25(46-2)27(24)41)18-26-30(44)40(32(47-26)38-21-7-4-3-5-8-21)23(15-19-10-13-36-14-11-19)29(43)39-22(28(33)42)9-6-12-37-31(34)35/h3-5,7-8,10-11,13-14,16-18,22-23,41H,6,9,12,15H2,1-2H3,(H2,33,42)(H,39,43)(H4,34,35,37)/t22-,23?/m0/s1. The molecule has 1 saturated heterocycles. The minimum Gasteiger partial charge on any atom is -0.502 e. The Balaban J connectivity index is 1.76. The molecule has 1 fully saturated rings. The van der Waals surface area contributed by atoms with E-state index in [-0.39, 0.29) is 46.1 Å². The van der Waals surface area contributed by atoms with Crippen molar-refractivity contribution in [1.29, 1.82) is 5.41 Å². The van der Waals surface area contributed by atoms with E-state index in [1.807, 2.05) is 6.07 Å². The number of amides is 3. The molecule has 1 unspecified atom stereocenters. The number of methoxy groups -OCH3 is 2. The van der Waals surface area contributed by atoms with Gasteiger partial charge in [0.05, 0.1) is 24.8 Å². The molecule has 1 aromatic heterocycles. The number of nitrogens with zero attached hydrogens (tertiary/aromatic N) is 3. The number of benzene rings is 2. The second kappa shape index (κ2) is 16.1. The van der Waals surface area contributed by atoms with E-state index in [4.69, 9.17) is 31.3 Å². The zero-order chi connectivity index (χ0) is 33.9. The highest BCUT2D eigenvalue weighted by atomic mass is 32.2. The van der Waals surface area contributed by atoms with E-state index in [1.54, 1.807) is 67.0 Å². The van der Waals surface area contributed by atoms with Crippen LogP contribution in [-0.2, 0) is 20.8 Å². The molecule has 0 aliphatic carbocycles. The third-order valence-electron chi connectivity index (χ3n) is 7.06. The van der Waals surface area contributed by atoms with Crippen molar-refractivity contribution in [3.05, 3.63) is 83.0 Å². The Bertz CT molecular complexity index is 1640. The van der Waals surface area contributed by atoms with Crippen LogP contribution in [0.4, 0.5) is 5.69 Å². The molecule has 0 spiro atoms. The predicted molar refractivity (Wildman–Crippen MR) is 179 cm³/mol. The first-order valence-electron chi connectivity index (χ1n) is 14.5. The minimum absolute atomic E-state index is 0.0694. The number of para-hydroxylation sites is 1. The Hall–Kier alpha value is -5.57. The predicted octanol–water partition coefficient (Wildman–Crippen LogP) is 2.25. The number of aromatic nitrogens is 1. The largest absolute Gasteiger partial charge is 0.502 e. The van der Waals surface area contributed by atoms with Gasteiger partial charge in [-0.05, 0) is 78.2 Å². The van der Waals surface area contributed by atoms with Crippen LogP contribution in [0.2, 0.25) is 0 Å². The number of ether oxygens (including phenoxy) is 2. The van der Waals surface area contributed by atoms with Gasteiger partial charge in [-0.2, -0.15) is 0 Å². The van der Waals surface area contributed by atoms with Crippen LogP contribution in [0.25, 0.3) is 6.08 Å². The Morgan fingerprint density at radius 2 is 1.77 bits per heavy atom. The monoisotopic (exact) mass is 660 g/mol. The molecule has 2 heterocycles. The molecular weight excluding hydrogens is 624 g/mol. The summed E-state index contributed by atoms with van der Waals surface area (Å²) in [4.78, 5) is 51.0. The van der Waals surface area contributed by atoms with Gasteiger partial charge >= 0.3 is 0 Å². The molecular formula is C32H36N8O6S. The number of hydrogen-bond acceptors (Lipinski definition) is 10. The highest BCUT2D eigenvalue weighted by molar-refractivity contribution is 8.18. The average molecular weight is 661 g/mol. The van der Waals surface area contributed by atoms with Crippen LogP contribution in [0.15, 0.2) is 76.9 Å². The molecule has 0 radical (unpaired) electrons. The molecule has 15 heteroatoms. The quantitative estimate of drug-likeness (QED) is 0.0641. The molecule has 246 valence electrons. The number of phenolic OH excluding ortho intramolecular Hbond substituents is 1. The van der Waals surface area contributed by atoms with Gasteiger partial charge < -0.3 is 36.7 Å². The van der Waals surface area contributed by atoms with Gasteiger partial charge in [-0.1, -0.05) is 18.2 Å².